The Morgan fingerprint density at radius 1 is 1.26 bits per heavy atom. The zero-order valence-corrected chi connectivity index (χ0v) is 11.2. The van der Waals surface area contributed by atoms with Crippen molar-refractivity contribution in [2.75, 3.05) is 7.11 Å². The van der Waals surface area contributed by atoms with Gasteiger partial charge in [0.25, 0.3) is 0 Å². The Morgan fingerprint density at radius 3 is 2.84 bits per heavy atom. The lowest BCUT2D eigenvalue weighted by molar-refractivity contribution is 0.288. The molecule has 0 unspecified atom stereocenters. The van der Waals surface area contributed by atoms with E-state index in [1.807, 2.05) is 43.3 Å². The Hall–Kier alpha value is -2.07. The molecule has 0 saturated carbocycles. The number of ether oxygens (including phenoxy) is 2. The maximum Gasteiger partial charge on any atom is 0.218 e. The Balaban J connectivity index is 2.10. The van der Waals surface area contributed by atoms with Crippen molar-refractivity contribution in [3.05, 3.63) is 53.7 Å². The van der Waals surface area contributed by atoms with Crippen molar-refractivity contribution in [3.63, 3.8) is 0 Å². The van der Waals surface area contributed by atoms with E-state index in [1.54, 1.807) is 13.3 Å². The Bertz CT molecular complexity index is 541. The predicted molar refractivity (Wildman–Crippen MR) is 74.2 cm³/mol. The van der Waals surface area contributed by atoms with Crippen LogP contribution in [0.3, 0.4) is 0 Å². The third-order valence-corrected chi connectivity index (χ3v) is 2.80. The van der Waals surface area contributed by atoms with Crippen LogP contribution >= 0.6 is 0 Å². The topological polar surface area (TPSA) is 57.4 Å². The van der Waals surface area contributed by atoms with Gasteiger partial charge in [-0.2, -0.15) is 0 Å². The molecule has 0 aliphatic heterocycles. The second kappa shape index (κ2) is 6.20. The fraction of sp³-hybridized carbons (Fsp3) is 0.267. The highest BCUT2D eigenvalue weighted by Crippen LogP contribution is 2.22. The zero-order valence-electron chi connectivity index (χ0n) is 11.2. The minimum absolute atomic E-state index is 0.103. The van der Waals surface area contributed by atoms with E-state index in [1.165, 1.54) is 0 Å². The van der Waals surface area contributed by atoms with Crippen LogP contribution in [0.25, 0.3) is 0 Å². The van der Waals surface area contributed by atoms with E-state index in [0.717, 1.165) is 16.9 Å². The summed E-state index contributed by atoms with van der Waals surface area (Å²) in [7, 11) is 1.65. The molecule has 0 fully saturated rings. The number of hydrogen-bond acceptors (Lipinski definition) is 4. The van der Waals surface area contributed by atoms with Gasteiger partial charge in [-0.3, -0.25) is 0 Å². The number of benzene rings is 1. The van der Waals surface area contributed by atoms with Gasteiger partial charge in [0.1, 0.15) is 12.4 Å². The van der Waals surface area contributed by atoms with E-state index in [-0.39, 0.29) is 6.04 Å². The number of nitrogens with zero attached hydrogens (tertiary/aromatic N) is 1. The van der Waals surface area contributed by atoms with Gasteiger partial charge in [0.15, 0.2) is 0 Å². The lowest BCUT2D eigenvalue weighted by Crippen LogP contribution is -2.09. The number of nitrogens with two attached hydrogens (primary N) is 1. The third-order valence-electron chi connectivity index (χ3n) is 2.80. The van der Waals surface area contributed by atoms with Crippen molar-refractivity contribution in [2.24, 2.45) is 5.73 Å². The molecule has 2 N–H and O–H groups in total. The number of methoxy groups -OCH3 is 1. The van der Waals surface area contributed by atoms with Crippen LogP contribution in [0.1, 0.15) is 24.1 Å². The second-order valence-corrected chi connectivity index (χ2v) is 4.33. The first-order chi connectivity index (χ1) is 9.20. The summed E-state index contributed by atoms with van der Waals surface area (Å²) in [4.78, 5) is 4.22. The summed E-state index contributed by atoms with van der Waals surface area (Å²) < 4.78 is 10.9. The van der Waals surface area contributed by atoms with E-state index in [4.69, 9.17) is 15.2 Å². The molecule has 1 atom stereocenters. The minimum atomic E-state index is -0.103. The summed E-state index contributed by atoms with van der Waals surface area (Å²) in [6, 6.07) is 11.4. The number of aromatic nitrogens is 1. The van der Waals surface area contributed by atoms with Crippen molar-refractivity contribution in [2.45, 2.75) is 19.6 Å². The summed E-state index contributed by atoms with van der Waals surface area (Å²) in [6.45, 7) is 2.35. The largest absolute Gasteiger partial charge is 0.497 e. The molecule has 0 aliphatic rings. The lowest BCUT2D eigenvalue weighted by Gasteiger charge is -2.12. The number of pyridine rings is 1. The molecule has 1 aromatic heterocycles. The number of rotatable bonds is 5. The van der Waals surface area contributed by atoms with Gasteiger partial charge in [-0.1, -0.05) is 18.2 Å². The van der Waals surface area contributed by atoms with Gasteiger partial charge in [0, 0.05) is 17.8 Å². The second-order valence-electron chi connectivity index (χ2n) is 4.33. The van der Waals surface area contributed by atoms with Crippen LogP contribution in [0.15, 0.2) is 42.6 Å². The van der Waals surface area contributed by atoms with Crippen molar-refractivity contribution in [1.29, 1.82) is 0 Å². The first-order valence-electron chi connectivity index (χ1n) is 6.17. The molecule has 0 amide bonds. The summed E-state index contributed by atoms with van der Waals surface area (Å²) in [6.07, 6.45) is 1.70. The lowest BCUT2D eigenvalue weighted by atomic mass is 10.1. The predicted octanol–water partition coefficient (Wildman–Crippen LogP) is 2.69. The van der Waals surface area contributed by atoms with E-state index in [0.29, 0.717) is 12.5 Å². The first-order valence-corrected chi connectivity index (χ1v) is 6.17. The highest BCUT2D eigenvalue weighted by molar-refractivity contribution is 5.30. The van der Waals surface area contributed by atoms with Crippen LogP contribution in [-0.4, -0.2) is 12.1 Å². The summed E-state index contributed by atoms with van der Waals surface area (Å²) >= 11 is 0. The molecule has 2 rings (SSSR count). The molecular weight excluding hydrogens is 240 g/mol. The highest BCUT2D eigenvalue weighted by atomic mass is 16.5. The van der Waals surface area contributed by atoms with Gasteiger partial charge >= 0.3 is 0 Å². The average molecular weight is 258 g/mol. The van der Waals surface area contributed by atoms with Crippen LogP contribution in [0.2, 0.25) is 0 Å². The summed E-state index contributed by atoms with van der Waals surface area (Å²) in [5.74, 6) is 1.40. The highest BCUT2D eigenvalue weighted by Gasteiger charge is 2.08. The van der Waals surface area contributed by atoms with Crippen molar-refractivity contribution in [1.82, 2.24) is 4.98 Å². The fourth-order valence-corrected chi connectivity index (χ4v) is 1.78. The molecule has 19 heavy (non-hydrogen) atoms. The molecule has 0 aliphatic carbocycles. The molecule has 0 spiro atoms. The third kappa shape index (κ3) is 3.45. The van der Waals surface area contributed by atoms with Crippen molar-refractivity contribution >= 4 is 0 Å². The van der Waals surface area contributed by atoms with Gasteiger partial charge in [-0.15, -0.1) is 0 Å². The summed E-state index contributed by atoms with van der Waals surface area (Å²) in [5, 5.41) is 0. The van der Waals surface area contributed by atoms with E-state index < -0.39 is 0 Å². The minimum Gasteiger partial charge on any atom is -0.497 e. The molecule has 0 radical (unpaired) electrons. The normalized spacial score (nSPS) is 11.9. The van der Waals surface area contributed by atoms with Crippen molar-refractivity contribution in [3.8, 4) is 11.6 Å². The maximum absolute atomic E-state index is 5.89. The molecular formula is C15H18N2O2. The molecule has 0 saturated heterocycles. The van der Waals surface area contributed by atoms with Crippen LogP contribution in [0.5, 0.6) is 11.6 Å². The smallest absolute Gasteiger partial charge is 0.218 e. The standard InChI is InChI=1S/C15H18N2O2/c1-11(16)14-7-4-8-17-15(14)19-10-12-5-3-6-13(9-12)18-2/h3-9,11H,10,16H2,1-2H3/t11-/m1/s1. The molecule has 1 aromatic carbocycles. The van der Waals surface area contributed by atoms with Gasteiger partial charge < -0.3 is 15.2 Å². The quantitative estimate of drug-likeness (QED) is 0.895. The zero-order chi connectivity index (χ0) is 13.7. The van der Waals surface area contributed by atoms with Crippen LogP contribution < -0.4 is 15.2 Å². The molecule has 100 valence electrons. The van der Waals surface area contributed by atoms with Gasteiger partial charge in [-0.25, -0.2) is 4.98 Å². The summed E-state index contributed by atoms with van der Waals surface area (Å²) in [5.41, 5.74) is 7.83. The maximum atomic E-state index is 5.89. The van der Waals surface area contributed by atoms with E-state index in [9.17, 15) is 0 Å². The van der Waals surface area contributed by atoms with Crippen LogP contribution in [0.4, 0.5) is 0 Å². The average Bonchev–Trinajstić information content (AvgIpc) is 2.45. The molecule has 4 heteroatoms. The number of hydrogen-bond donors (Lipinski definition) is 1. The Labute approximate surface area is 113 Å². The monoisotopic (exact) mass is 258 g/mol. The molecule has 2 aromatic rings. The van der Waals surface area contributed by atoms with Gasteiger partial charge in [-0.05, 0) is 30.7 Å². The first kappa shape index (κ1) is 13.4. The van der Waals surface area contributed by atoms with E-state index in [2.05, 4.69) is 4.98 Å². The van der Waals surface area contributed by atoms with Gasteiger partial charge in [0.05, 0.1) is 7.11 Å². The van der Waals surface area contributed by atoms with E-state index >= 15 is 0 Å². The SMILES string of the molecule is COc1cccc(COc2ncccc2[C@@H](C)N)c1. The van der Waals surface area contributed by atoms with Crippen LogP contribution in [0, 0.1) is 0 Å². The molecule has 4 nitrogen and oxygen atoms in total. The Morgan fingerprint density at radius 2 is 2.11 bits per heavy atom. The molecule has 0 bridgehead atoms. The van der Waals surface area contributed by atoms with Gasteiger partial charge in [0.2, 0.25) is 5.88 Å². The van der Waals surface area contributed by atoms with Crippen LogP contribution in [-0.2, 0) is 6.61 Å². The molecule has 1 heterocycles. The van der Waals surface area contributed by atoms with Crippen molar-refractivity contribution < 1.29 is 9.47 Å². The fourth-order valence-electron chi connectivity index (χ4n) is 1.78. The Kier molecular flexibility index (Phi) is 4.36.